The Morgan fingerprint density at radius 2 is 2.17 bits per heavy atom. The van der Waals surface area contributed by atoms with E-state index < -0.39 is 4.92 Å². The first-order valence-corrected chi connectivity index (χ1v) is 4.97. The number of aromatic nitrogens is 1. The summed E-state index contributed by atoms with van der Waals surface area (Å²) in [5.74, 6) is 0.515. The van der Waals surface area contributed by atoms with Gasteiger partial charge in [-0.1, -0.05) is 6.07 Å². The van der Waals surface area contributed by atoms with Crippen molar-refractivity contribution in [2.24, 2.45) is 0 Å². The topological polar surface area (TPSA) is 89.0 Å². The van der Waals surface area contributed by atoms with Gasteiger partial charge < -0.3 is 4.74 Å². The molecule has 1 aromatic heterocycles. The van der Waals surface area contributed by atoms with Crippen LogP contribution in [0.2, 0.25) is 0 Å². The number of hydrogen-bond donors (Lipinski definition) is 0. The molecule has 2 rings (SSSR count). The second-order valence-electron chi connectivity index (χ2n) is 3.35. The van der Waals surface area contributed by atoms with Crippen LogP contribution in [0.5, 0.6) is 11.6 Å². The van der Waals surface area contributed by atoms with Gasteiger partial charge in [-0.3, -0.25) is 10.1 Å². The molecule has 0 aliphatic carbocycles. The van der Waals surface area contributed by atoms with Crippen LogP contribution < -0.4 is 4.74 Å². The molecule has 0 unspecified atom stereocenters. The maximum Gasteiger partial charge on any atom is 0.273 e. The van der Waals surface area contributed by atoms with Gasteiger partial charge in [0, 0.05) is 18.3 Å². The van der Waals surface area contributed by atoms with E-state index in [1.807, 2.05) is 6.07 Å². The molecule has 0 radical (unpaired) electrons. The second-order valence-corrected chi connectivity index (χ2v) is 3.35. The van der Waals surface area contributed by atoms with Crippen molar-refractivity contribution in [1.82, 2.24) is 4.98 Å². The Kier molecular flexibility index (Phi) is 3.16. The smallest absolute Gasteiger partial charge is 0.273 e. The van der Waals surface area contributed by atoms with Crippen LogP contribution in [0.15, 0.2) is 42.6 Å². The lowest BCUT2D eigenvalue weighted by Crippen LogP contribution is -1.91. The molecule has 2 aromatic rings. The van der Waals surface area contributed by atoms with E-state index in [9.17, 15) is 10.1 Å². The minimum Gasteiger partial charge on any atom is -0.439 e. The van der Waals surface area contributed by atoms with Crippen LogP contribution >= 0.6 is 0 Å². The van der Waals surface area contributed by atoms with Gasteiger partial charge in [-0.05, 0) is 12.1 Å². The highest BCUT2D eigenvalue weighted by Crippen LogP contribution is 2.23. The number of non-ortho nitro benzene ring substituents is 1. The fourth-order valence-corrected chi connectivity index (χ4v) is 1.32. The third-order valence-electron chi connectivity index (χ3n) is 2.11. The standard InChI is InChI=1S/C12H7N3O3/c13-8-9-4-5-14-12(6-9)18-11-3-1-2-10(7-11)15(16)17/h1-7H. The maximum absolute atomic E-state index is 10.6. The van der Waals surface area contributed by atoms with Gasteiger partial charge in [-0.15, -0.1) is 0 Å². The molecule has 0 aliphatic heterocycles. The first kappa shape index (κ1) is 11.5. The molecule has 0 spiro atoms. The molecule has 18 heavy (non-hydrogen) atoms. The molecule has 0 aliphatic rings. The zero-order valence-electron chi connectivity index (χ0n) is 9.11. The fraction of sp³-hybridized carbons (Fsp3) is 0. The van der Waals surface area contributed by atoms with E-state index >= 15 is 0 Å². The molecule has 0 fully saturated rings. The van der Waals surface area contributed by atoms with E-state index in [1.54, 1.807) is 12.1 Å². The van der Waals surface area contributed by atoms with Gasteiger partial charge in [0.25, 0.3) is 5.69 Å². The molecule has 0 bridgehead atoms. The number of benzene rings is 1. The van der Waals surface area contributed by atoms with Crippen LogP contribution in [0.1, 0.15) is 5.56 Å². The fourth-order valence-electron chi connectivity index (χ4n) is 1.32. The summed E-state index contributed by atoms with van der Waals surface area (Å²) in [5, 5.41) is 19.3. The number of ether oxygens (including phenoxy) is 1. The van der Waals surface area contributed by atoms with Crippen LogP contribution in [0.3, 0.4) is 0 Å². The zero-order chi connectivity index (χ0) is 13.0. The summed E-state index contributed by atoms with van der Waals surface area (Å²) in [6.45, 7) is 0. The van der Waals surface area contributed by atoms with Crippen molar-refractivity contribution in [3.05, 3.63) is 58.3 Å². The SMILES string of the molecule is N#Cc1ccnc(Oc2cccc([N+](=O)[O-])c2)c1. The Labute approximate surface area is 102 Å². The average Bonchev–Trinajstić information content (AvgIpc) is 2.39. The van der Waals surface area contributed by atoms with Crippen molar-refractivity contribution in [2.75, 3.05) is 0 Å². The molecule has 0 saturated heterocycles. The van der Waals surface area contributed by atoms with Crippen LogP contribution in [-0.2, 0) is 0 Å². The van der Waals surface area contributed by atoms with E-state index in [0.29, 0.717) is 11.3 Å². The Balaban J connectivity index is 2.26. The summed E-state index contributed by atoms with van der Waals surface area (Å²) < 4.78 is 5.34. The van der Waals surface area contributed by atoms with Crippen molar-refractivity contribution >= 4 is 5.69 Å². The zero-order valence-corrected chi connectivity index (χ0v) is 9.11. The number of nitro groups is 1. The number of nitro benzene ring substituents is 1. The van der Waals surface area contributed by atoms with Crippen molar-refractivity contribution in [2.45, 2.75) is 0 Å². The quantitative estimate of drug-likeness (QED) is 0.608. The minimum absolute atomic E-state index is 0.0658. The minimum atomic E-state index is -0.508. The van der Waals surface area contributed by atoms with Gasteiger partial charge in [0.15, 0.2) is 0 Å². The second kappa shape index (κ2) is 4.93. The summed E-state index contributed by atoms with van der Waals surface area (Å²) in [7, 11) is 0. The monoisotopic (exact) mass is 241 g/mol. The number of hydrogen-bond acceptors (Lipinski definition) is 5. The third-order valence-corrected chi connectivity index (χ3v) is 2.11. The Morgan fingerprint density at radius 3 is 2.89 bits per heavy atom. The van der Waals surface area contributed by atoms with Crippen molar-refractivity contribution in [1.29, 1.82) is 5.26 Å². The largest absolute Gasteiger partial charge is 0.439 e. The number of nitrogens with zero attached hydrogens (tertiary/aromatic N) is 3. The van der Waals surface area contributed by atoms with Crippen molar-refractivity contribution < 1.29 is 9.66 Å². The summed E-state index contributed by atoms with van der Waals surface area (Å²) in [6.07, 6.45) is 1.44. The predicted molar refractivity (Wildman–Crippen MR) is 62.1 cm³/mol. The molecule has 0 amide bonds. The lowest BCUT2D eigenvalue weighted by molar-refractivity contribution is -0.384. The van der Waals surface area contributed by atoms with Crippen molar-refractivity contribution in [3.63, 3.8) is 0 Å². The molecule has 0 saturated carbocycles. The van der Waals surface area contributed by atoms with Gasteiger partial charge >= 0.3 is 0 Å². The molecule has 6 heteroatoms. The van der Waals surface area contributed by atoms with Gasteiger partial charge in [-0.25, -0.2) is 4.98 Å². The first-order chi connectivity index (χ1) is 8.69. The molecule has 88 valence electrons. The number of nitriles is 1. The Bertz CT molecular complexity index is 634. The third kappa shape index (κ3) is 2.59. The van der Waals surface area contributed by atoms with Crippen LogP contribution in [0.4, 0.5) is 5.69 Å². The Morgan fingerprint density at radius 1 is 1.33 bits per heavy atom. The molecule has 1 heterocycles. The number of pyridine rings is 1. The van der Waals surface area contributed by atoms with Gasteiger partial charge in [0.1, 0.15) is 5.75 Å². The lowest BCUT2D eigenvalue weighted by atomic mass is 10.3. The molecule has 1 aromatic carbocycles. The van der Waals surface area contributed by atoms with E-state index in [2.05, 4.69) is 4.98 Å². The normalized spacial score (nSPS) is 9.50. The summed E-state index contributed by atoms with van der Waals surface area (Å²) in [5.41, 5.74) is 0.342. The summed E-state index contributed by atoms with van der Waals surface area (Å²) in [6, 6.07) is 10.7. The van der Waals surface area contributed by atoms with E-state index in [1.165, 1.54) is 30.5 Å². The number of rotatable bonds is 3. The van der Waals surface area contributed by atoms with Crippen LogP contribution in [-0.4, -0.2) is 9.91 Å². The van der Waals surface area contributed by atoms with E-state index in [4.69, 9.17) is 10.00 Å². The molecular formula is C12H7N3O3. The Hall–Kier alpha value is -2.94. The predicted octanol–water partition coefficient (Wildman–Crippen LogP) is 2.65. The molecule has 6 nitrogen and oxygen atoms in total. The van der Waals surface area contributed by atoms with Gasteiger partial charge in [0.05, 0.1) is 22.6 Å². The highest BCUT2D eigenvalue weighted by atomic mass is 16.6. The summed E-state index contributed by atoms with van der Waals surface area (Å²) >= 11 is 0. The van der Waals surface area contributed by atoms with Gasteiger partial charge in [0.2, 0.25) is 5.88 Å². The summed E-state index contributed by atoms with van der Waals surface area (Å²) in [4.78, 5) is 14.0. The van der Waals surface area contributed by atoms with E-state index in [-0.39, 0.29) is 11.6 Å². The van der Waals surface area contributed by atoms with Gasteiger partial charge in [-0.2, -0.15) is 5.26 Å². The molecular weight excluding hydrogens is 234 g/mol. The highest BCUT2D eigenvalue weighted by molar-refractivity contribution is 5.40. The van der Waals surface area contributed by atoms with Crippen molar-refractivity contribution in [3.8, 4) is 17.7 Å². The molecule has 0 atom stereocenters. The average molecular weight is 241 g/mol. The maximum atomic E-state index is 10.6. The highest BCUT2D eigenvalue weighted by Gasteiger charge is 2.07. The van der Waals surface area contributed by atoms with Crippen LogP contribution in [0, 0.1) is 21.4 Å². The molecule has 0 N–H and O–H groups in total. The lowest BCUT2D eigenvalue weighted by Gasteiger charge is -2.03. The van der Waals surface area contributed by atoms with Crippen LogP contribution in [0.25, 0.3) is 0 Å². The van der Waals surface area contributed by atoms with E-state index in [0.717, 1.165) is 0 Å². The first-order valence-electron chi connectivity index (χ1n) is 4.97.